The van der Waals surface area contributed by atoms with E-state index in [2.05, 4.69) is 27.8 Å². The Hall–Kier alpha value is -3.35. The Kier molecular flexibility index (Phi) is 5.17. The Bertz CT molecular complexity index is 997. The monoisotopic (exact) mass is 352 g/mol. The molecule has 0 aliphatic rings. The summed E-state index contributed by atoms with van der Waals surface area (Å²) in [6.45, 7) is 2.05. The second-order valence-electron chi connectivity index (χ2n) is 5.82. The standard InChI is InChI=1S/C19H20N4O3/c1-3-5-17-15-9-8-13(11-16(15)18(24)23-22-17)21-19(25)20-12-6-4-7-14(10-12)26-2/h4,6-11H,3,5H2,1-2H3,(H,23,24)(H2,20,21,25). The molecule has 134 valence electrons. The number of anilines is 2. The number of benzene rings is 2. The Balaban J connectivity index is 1.81. The average Bonchev–Trinajstić information content (AvgIpc) is 2.64. The number of nitrogens with one attached hydrogen (secondary N) is 3. The quantitative estimate of drug-likeness (QED) is 0.654. The first-order valence-electron chi connectivity index (χ1n) is 8.34. The van der Waals surface area contributed by atoms with Crippen LogP contribution >= 0.6 is 0 Å². The number of hydrogen-bond donors (Lipinski definition) is 3. The Morgan fingerprint density at radius 1 is 1.12 bits per heavy atom. The average molecular weight is 352 g/mol. The molecule has 2 amide bonds. The summed E-state index contributed by atoms with van der Waals surface area (Å²) in [6, 6.07) is 11.9. The highest BCUT2D eigenvalue weighted by Gasteiger charge is 2.09. The molecular formula is C19H20N4O3. The van der Waals surface area contributed by atoms with E-state index in [9.17, 15) is 9.59 Å². The molecule has 3 aromatic rings. The maximum atomic E-state index is 12.2. The van der Waals surface area contributed by atoms with Crippen LogP contribution in [-0.2, 0) is 6.42 Å². The summed E-state index contributed by atoms with van der Waals surface area (Å²) in [5.74, 6) is 0.649. The lowest BCUT2D eigenvalue weighted by atomic mass is 10.1. The number of rotatable bonds is 5. The Labute approximate surface area is 150 Å². The Morgan fingerprint density at radius 2 is 1.88 bits per heavy atom. The maximum Gasteiger partial charge on any atom is 0.323 e. The lowest BCUT2D eigenvalue weighted by Crippen LogP contribution is -2.19. The summed E-state index contributed by atoms with van der Waals surface area (Å²) in [4.78, 5) is 24.3. The van der Waals surface area contributed by atoms with Gasteiger partial charge in [-0.05, 0) is 30.7 Å². The van der Waals surface area contributed by atoms with Gasteiger partial charge in [-0.1, -0.05) is 25.5 Å². The number of H-pyrrole nitrogens is 1. The second kappa shape index (κ2) is 7.69. The first kappa shape index (κ1) is 17.5. The third kappa shape index (κ3) is 3.83. The number of methoxy groups -OCH3 is 1. The number of hydrogen-bond acceptors (Lipinski definition) is 4. The zero-order valence-corrected chi connectivity index (χ0v) is 14.6. The molecule has 3 rings (SSSR count). The molecule has 0 spiro atoms. The fraction of sp³-hybridized carbons (Fsp3) is 0.211. The predicted molar refractivity (Wildman–Crippen MR) is 102 cm³/mol. The number of aromatic amines is 1. The predicted octanol–water partition coefficient (Wildman–Crippen LogP) is 3.53. The van der Waals surface area contributed by atoms with Gasteiger partial charge in [-0.25, -0.2) is 9.89 Å². The normalized spacial score (nSPS) is 10.5. The number of carbonyl (C=O) groups excluding carboxylic acids is 1. The van der Waals surface area contributed by atoms with Crippen molar-refractivity contribution in [3.63, 3.8) is 0 Å². The van der Waals surface area contributed by atoms with Gasteiger partial charge in [0.25, 0.3) is 5.56 Å². The van der Waals surface area contributed by atoms with Crippen molar-refractivity contribution in [1.29, 1.82) is 0 Å². The Morgan fingerprint density at radius 3 is 2.62 bits per heavy atom. The van der Waals surface area contributed by atoms with Crippen molar-refractivity contribution < 1.29 is 9.53 Å². The van der Waals surface area contributed by atoms with Gasteiger partial charge in [-0.2, -0.15) is 5.10 Å². The van der Waals surface area contributed by atoms with Crippen LogP contribution in [0.5, 0.6) is 5.75 Å². The number of aromatic nitrogens is 2. The third-order valence-electron chi connectivity index (χ3n) is 3.94. The topological polar surface area (TPSA) is 96.1 Å². The molecule has 0 fully saturated rings. The van der Waals surface area contributed by atoms with Gasteiger partial charge in [0, 0.05) is 22.8 Å². The van der Waals surface area contributed by atoms with Gasteiger partial charge in [0.15, 0.2) is 0 Å². The minimum atomic E-state index is -0.406. The molecule has 7 heteroatoms. The van der Waals surface area contributed by atoms with Crippen molar-refractivity contribution in [3.8, 4) is 5.75 Å². The van der Waals surface area contributed by atoms with Crippen molar-refractivity contribution in [2.45, 2.75) is 19.8 Å². The van der Waals surface area contributed by atoms with E-state index in [1.54, 1.807) is 43.5 Å². The van der Waals surface area contributed by atoms with E-state index in [1.807, 2.05) is 6.07 Å². The van der Waals surface area contributed by atoms with Crippen LogP contribution in [0.15, 0.2) is 47.3 Å². The number of urea groups is 1. The van der Waals surface area contributed by atoms with E-state index in [4.69, 9.17) is 4.74 Å². The van der Waals surface area contributed by atoms with Gasteiger partial charge in [-0.15, -0.1) is 0 Å². The summed E-state index contributed by atoms with van der Waals surface area (Å²) < 4.78 is 5.13. The summed E-state index contributed by atoms with van der Waals surface area (Å²) >= 11 is 0. The molecule has 1 aromatic heterocycles. The molecule has 0 atom stereocenters. The number of nitrogens with zero attached hydrogens (tertiary/aromatic N) is 1. The largest absolute Gasteiger partial charge is 0.497 e. The molecule has 0 saturated heterocycles. The zero-order valence-electron chi connectivity index (χ0n) is 14.6. The molecule has 2 aromatic carbocycles. The first-order chi connectivity index (χ1) is 12.6. The number of fused-ring (bicyclic) bond motifs is 1. The molecule has 0 aliphatic carbocycles. The molecule has 7 nitrogen and oxygen atoms in total. The molecule has 0 unspecified atom stereocenters. The van der Waals surface area contributed by atoms with Crippen LogP contribution in [-0.4, -0.2) is 23.3 Å². The van der Waals surface area contributed by atoms with Crippen molar-refractivity contribution in [3.05, 3.63) is 58.5 Å². The molecule has 1 heterocycles. The van der Waals surface area contributed by atoms with Crippen molar-refractivity contribution in [2.24, 2.45) is 0 Å². The van der Waals surface area contributed by atoms with E-state index in [0.717, 1.165) is 23.9 Å². The minimum absolute atomic E-state index is 0.281. The van der Waals surface area contributed by atoms with Gasteiger partial charge >= 0.3 is 6.03 Å². The van der Waals surface area contributed by atoms with Crippen LogP contribution in [0.2, 0.25) is 0 Å². The van der Waals surface area contributed by atoms with Crippen LogP contribution < -0.4 is 20.9 Å². The van der Waals surface area contributed by atoms with E-state index in [0.29, 0.717) is 22.5 Å². The van der Waals surface area contributed by atoms with Gasteiger partial charge in [-0.3, -0.25) is 4.79 Å². The highest BCUT2D eigenvalue weighted by Crippen LogP contribution is 2.20. The summed E-state index contributed by atoms with van der Waals surface area (Å²) in [7, 11) is 1.56. The molecule has 0 aliphatic heterocycles. The van der Waals surface area contributed by atoms with Crippen LogP contribution in [0.25, 0.3) is 10.8 Å². The molecule has 0 radical (unpaired) electrons. The van der Waals surface area contributed by atoms with Crippen molar-refractivity contribution in [2.75, 3.05) is 17.7 Å². The molecular weight excluding hydrogens is 332 g/mol. The van der Waals surface area contributed by atoms with Gasteiger partial charge < -0.3 is 15.4 Å². The van der Waals surface area contributed by atoms with Crippen LogP contribution in [0.4, 0.5) is 16.2 Å². The third-order valence-corrected chi connectivity index (χ3v) is 3.94. The highest BCUT2D eigenvalue weighted by atomic mass is 16.5. The van der Waals surface area contributed by atoms with Crippen LogP contribution in [0.1, 0.15) is 19.0 Å². The molecule has 0 bridgehead atoms. The second-order valence-corrected chi connectivity index (χ2v) is 5.82. The lowest BCUT2D eigenvalue weighted by Gasteiger charge is -2.10. The number of aryl methyl sites for hydroxylation is 1. The summed E-state index contributed by atoms with van der Waals surface area (Å²) in [5.41, 5.74) is 1.69. The zero-order chi connectivity index (χ0) is 18.5. The van der Waals surface area contributed by atoms with Gasteiger partial charge in [0.1, 0.15) is 5.75 Å². The molecule has 26 heavy (non-hydrogen) atoms. The maximum absolute atomic E-state index is 12.2. The van der Waals surface area contributed by atoms with Gasteiger partial charge in [0.05, 0.1) is 18.2 Å². The fourth-order valence-electron chi connectivity index (χ4n) is 2.72. The number of carbonyl (C=O) groups is 1. The molecule has 3 N–H and O–H groups in total. The summed E-state index contributed by atoms with van der Waals surface area (Å²) in [5, 5.41) is 13.4. The fourth-order valence-corrected chi connectivity index (χ4v) is 2.72. The van der Waals surface area contributed by atoms with Crippen LogP contribution in [0, 0.1) is 0 Å². The number of amides is 2. The van der Waals surface area contributed by atoms with Crippen molar-refractivity contribution >= 4 is 28.2 Å². The SMILES string of the molecule is CCCc1n[nH]c(=O)c2cc(NC(=O)Nc3cccc(OC)c3)ccc12. The minimum Gasteiger partial charge on any atom is -0.497 e. The smallest absolute Gasteiger partial charge is 0.323 e. The van der Waals surface area contributed by atoms with Gasteiger partial charge in [0.2, 0.25) is 0 Å². The van der Waals surface area contributed by atoms with E-state index >= 15 is 0 Å². The van der Waals surface area contributed by atoms with Crippen LogP contribution in [0.3, 0.4) is 0 Å². The number of ether oxygens (including phenoxy) is 1. The highest BCUT2D eigenvalue weighted by molar-refractivity contribution is 6.01. The van der Waals surface area contributed by atoms with E-state index in [1.165, 1.54) is 0 Å². The summed E-state index contributed by atoms with van der Waals surface area (Å²) in [6.07, 6.45) is 1.70. The van der Waals surface area contributed by atoms with E-state index < -0.39 is 6.03 Å². The van der Waals surface area contributed by atoms with E-state index in [-0.39, 0.29) is 5.56 Å². The van der Waals surface area contributed by atoms with Crippen molar-refractivity contribution in [1.82, 2.24) is 10.2 Å². The molecule has 0 saturated carbocycles. The first-order valence-corrected chi connectivity index (χ1v) is 8.34. The lowest BCUT2D eigenvalue weighted by molar-refractivity contribution is 0.262.